The van der Waals surface area contributed by atoms with Crippen LogP contribution in [0.4, 0.5) is 5.69 Å². The molecule has 0 aliphatic rings. The van der Waals surface area contributed by atoms with Crippen LogP contribution in [-0.2, 0) is 4.79 Å². The number of hydrogen-bond donors (Lipinski definition) is 1. The highest BCUT2D eigenvalue weighted by atomic mass is 35.5. The number of carbonyl (C=O) groups excluding carboxylic acids is 1. The molecular weight excluding hydrogens is 294 g/mol. The molecule has 22 heavy (non-hydrogen) atoms. The van der Waals surface area contributed by atoms with Crippen molar-refractivity contribution in [2.75, 3.05) is 5.32 Å². The molecule has 1 amide bonds. The molecule has 0 atom stereocenters. The quantitative estimate of drug-likeness (QED) is 0.666. The monoisotopic (exact) mass is 307 g/mol. The Balaban J connectivity index is 1.81. The molecule has 3 heteroatoms. The topological polar surface area (TPSA) is 29.1 Å². The van der Waals surface area contributed by atoms with Crippen molar-refractivity contribution in [3.8, 4) is 0 Å². The molecule has 0 fully saturated rings. The molecular formula is C19H14ClNO. The highest BCUT2D eigenvalue weighted by Gasteiger charge is 2.03. The highest BCUT2D eigenvalue weighted by molar-refractivity contribution is 6.32. The van der Waals surface area contributed by atoms with E-state index >= 15 is 0 Å². The molecule has 108 valence electrons. The van der Waals surface area contributed by atoms with Crippen LogP contribution in [0, 0.1) is 0 Å². The number of amides is 1. The third kappa shape index (κ3) is 3.18. The summed E-state index contributed by atoms with van der Waals surface area (Å²) >= 11 is 6.06. The van der Waals surface area contributed by atoms with Crippen molar-refractivity contribution in [1.29, 1.82) is 0 Å². The molecule has 3 aromatic rings. The van der Waals surface area contributed by atoms with E-state index in [0.717, 1.165) is 22.0 Å². The van der Waals surface area contributed by atoms with Crippen LogP contribution in [0.1, 0.15) is 5.56 Å². The van der Waals surface area contributed by atoms with E-state index in [2.05, 4.69) is 5.32 Å². The summed E-state index contributed by atoms with van der Waals surface area (Å²) in [5.41, 5.74) is 1.61. The van der Waals surface area contributed by atoms with Gasteiger partial charge in [-0.1, -0.05) is 66.2 Å². The fourth-order valence-electron chi connectivity index (χ4n) is 2.28. The lowest BCUT2D eigenvalue weighted by Gasteiger charge is -2.06. The first kappa shape index (κ1) is 14.4. The van der Waals surface area contributed by atoms with E-state index in [1.54, 1.807) is 12.1 Å². The van der Waals surface area contributed by atoms with Gasteiger partial charge in [0.25, 0.3) is 0 Å². The maximum atomic E-state index is 12.1. The lowest BCUT2D eigenvalue weighted by molar-refractivity contribution is -0.111. The van der Waals surface area contributed by atoms with Crippen LogP contribution in [0.15, 0.2) is 72.8 Å². The first-order valence-corrected chi connectivity index (χ1v) is 7.33. The molecule has 0 unspecified atom stereocenters. The highest BCUT2D eigenvalue weighted by Crippen LogP contribution is 2.23. The van der Waals surface area contributed by atoms with Gasteiger partial charge in [-0.3, -0.25) is 4.79 Å². The van der Waals surface area contributed by atoms with E-state index in [9.17, 15) is 4.79 Å². The number of benzene rings is 3. The lowest BCUT2D eigenvalue weighted by Crippen LogP contribution is -2.08. The molecule has 3 aromatic carbocycles. The van der Waals surface area contributed by atoms with Gasteiger partial charge in [0.1, 0.15) is 0 Å². The SMILES string of the molecule is O=C(C=Cc1ccccc1Cl)Nc1cccc2ccccc12. The first-order valence-electron chi connectivity index (χ1n) is 6.95. The minimum Gasteiger partial charge on any atom is -0.322 e. The average molecular weight is 308 g/mol. The van der Waals surface area contributed by atoms with Crippen LogP contribution >= 0.6 is 11.6 Å². The number of hydrogen-bond acceptors (Lipinski definition) is 1. The zero-order valence-electron chi connectivity index (χ0n) is 11.8. The van der Waals surface area contributed by atoms with E-state index in [1.165, 1.54) is 6.08 Å². The molecule has 1 N–H and O–H groups in total. The Kier molecular flexibility index (Phi) is 4.22. The average Bonchev–Trinajstić information content (AvgIpc) is 2.54. The number of anilines is 1. The summed E-state index contributed by atoms with van der Waals surface area (Å²) in [7, 11) is 0. The molecule has 3 rings (SSSR count). The molecule has 0 aromatic heterocycles. The summed E-state index contributed by atoms with van der Waals surface area (Å²) in [6.45, 7) is 0. The van der Waals surface area contributed by atoms with Crippen LogP contribution in [0.3, 0.4) is 0 Å². The molecule has 0 aliphatic carbocycles. The van der Waals surface area contributed by atoms with E-state index in [-0.39, 0.29) is 5.91 Å². The van der Waals surface area contributed by atoms with Gasteiger partial charge in [-0.2, -0.15) is 0 Å². The molecule has 0 bridgehead atoms. The molecule has 0 spiro atoms. The Bertz CT molecular complexity index is 849. The number of rotatable bonds is 3. The largest absolute Gasteiger partial charge is 0.322 e. The summed E-state index contributed by atoms with van der Waals surface area (Å²) in [5.74, 6) is -0.184. The third-order valence-electron chi connectivity index (χ3n) is 3.37. The third-order valence-corrected chi connectivity index (χ3v) is 3.71. The van der Waals surface area contributed by atoms with E-state index in [1.807, 2.05) is 60.7 Å². The van der Waals surface area contributed by atoms with Gasteiger partial charge in [-0.15, -0.1) is 0 Å². The molecule has 2 nitrogen and oxygen atoms in total. The van der Waals surface area contributed by atoms with E-state index in [4.69, 9.17) is 11.6 Å². The minimum absolute atomic E-state index is 0.184. The molecule has 0 saturated heterocycles. The van der Waals surface area contributed by atoms with Crippen molar-refractivity contribution in [3.05, 3.63) is 83.4 Å². The van der Waals surface area contributed by atoms with Crippen LogP contribution in [-0.4, -0.2) is 5.91 Å². The predicted molar refractivity (Wildman–Crippen MR) is 93.1 cm³/mol. The van der Waals surface area contributed by atoms with Gasteiger partial charge in [-0.25, -0.2) is 0 Å². The van der Waals surface area contributed by atoms with E-state index in [0.29, 0.717) is 5.02 Å². The van der Waals surface area contributed by atoms with Crippen molar-refractivity contribution >= 4 is 40.0 Å². The van der Waals surface area contributed by atoms with Crippen molar-refractivity contribution in [3.63, 3.8) is 0 Å². The Labute approximate surface area is 134 Å². The summed E-state index contributed by atoms with van der Waals surface area (Å²) in [5, 5.41) is 5.64. The van der Waals surface area contributed by atoms with Crippen LogP contribution in [0.5, 0.6) is 0 Å². The van der Waals surface area contributed by atoms with Gasteiger partial charge in [-0.05, 0) is 29.2 Å². The van der Waals surface area contributed by atoms with E-state index < -0.39 is 0 Å². The standard InChI is InChI=1S/C19H14ClNO/c20-17-10-4-2-7-15(17)12-13-19(22)21-18-11-5-8-14-6-1-3-9-16(14)18/h1-13H,(H,21,22). The van der Waals surface area contributed by atoms with Crippen molar-refractivity contribution < 1.29 is 4.79 Å². The summed E-state index contributed by atoms with van der Waals surface area (Å²) in [4.78, 5) is 12.1. The normalized spacial score (nSPS) is 11.0. The number of nitrogens with one attached hydrogen (secondary N) is 1. The van der Waals surface area contributed by atoms with Crippen LogP contribution in [0.2, 0.25) is 5.02 Å². The minimum atomic E-state index is -0.184. The fourth-order valence-corrected chi connectivity index (χ4v) is 2.48. The molecule has 0 radical (unpaired) electrons. The smallest absolute Gasteiger partial charge is 0.248 e. The Hall–Kier alpha value is -2.58. The summed E-state index contributed by atoms with van der Waals surface area (Å²) in [6.07, 6.45) is 3.20. The first-order chi connectivity index (χ1) is 10.7. The number of carbonyl (C=O) groups is 1. The molecule has 0 heterocycles. The van der Waals surface area contributed by atoms with Gasteiger partial charge >= 0.3 is 0 Å². The second kappa shape index (κ2) is 6.46. The van der Waals surface area contributed by atoms with Gasteiger partial charge in [0.2, 0.25) is 5.91 Å². The maximum absolute atomic E-state index is 12.1. The van der Waals surface area contributed by atoms with Crippen molar-refractivity contribution in [2.45, 2.75) is 0 Å². The van der Waals surface area contributed by atoms with Gasteiger partial charge in [0.05, 0.1) is 0 Å². The summed E-state index contributed by atoms with van der Waals surface area (Å²) < 4.78 is 0. The van der Waals surface area contributed by atoms with Gasteiger partial charge < -0.3 is 5.32 Å². The second-order valence-electron chi connectivity index (χ2n) is 4.87. The lowest BCUT2D eigenvalue weighted by atomic mass is 10.1. The molecule has 0 saturated carbocycles. The second-order valence-corrected chi connectivity index (χ2v) is 5.28. The maximum Gasteiger partial charge on any atom is 0.248 e. The molecule has 0 aliphatic heterocycles. The van der Waals surface area contributed by atoms with Gasteiger partial charge in [0, 0.05) is 22.2 Å². The predicted octanol–water partition coefficient (Wildman–Crippen LogP) is 5.15. The van der Waals surface area contributed by atoms with Crippen molar-refractivity contribution in [2.24, 2.45) is 0 Å². The Morgan fingerprint density at radius 3 is 2.50 bits per heavy atom. The van der Waals surface area contributed by atoms with Crippen LogP contribution in [0.25, 0.3) is 16.8 Å². The van der Waals surface area contributed by atoms with Crippen molar-refractivity contribution in [1.82, 2.24) is 0 Å². The fraction of sp³-hybridized carbons (Fsp3) is 0. The zero-order valence-corrected chi connectivity index (χ0v) is 12.5. The zero-order chi connectivity index (χ0) is 15.4. The van der Waals surface area contributed by atoms with Crippen LogP contribution < -0.4 is 5.32 Å². The summed E-state index contributed by atoms with van der Waals surface area (Å²) in [6, 6.07) is 21.2. The van der Waals surface area contributed by atoms with Gasteiger partial charge in [0.15, 0.2) is 0 Å². The number of halogens is 1. The number of fused-ring (bicyclic) bond motifs is 1. The Morgan fingerprint density at radius 1 is 0.909 bits per heavy atom. The Morgan fingerprint density at radius 2 is 1.64 bits per heavy atom.